The van der Waals surface area contributed by atoms with Crippen LogP contribution in [-0.4, -0.2) is 31.5 Å². The Morgan fingerprint density at radius 2 is 1.55 bits per heavy atom. The molecule has 8 heteroatoms. The number of benzene rings is 2. The van der Waals surface area contributed by atoms with Crippen molar-refractivity contribution in [3.63, 3.8) is 0 Å². The standard InChI is InChI=1S/C21H23ClN4O2S/c1-14-11-15(2)13-26(12-14)21-20(23-18-5-3-4-6-19(18)24-21)25-29(27,28)17-9-7-16(22)8-10-17/h3-10,14-15H,11-13H2,1-2H3,(H,23,25)/t14-,15-/m0/s1. The Morgan fingerprint density at radius 3 is 2.17 bits per heavy atom. The highest BCUT2D eigenvalue weighted by Crippen LogP contribution is 2.32. The average Bonchev–Trinajstić information content (AvgIpc) is 2.66. The number of piperidine rings is 1. The summed E-state index contributed by atoms with van der Waals surface area (Å²) in [7, 11) is -3.82. The van der Waals surface area contributed by atoms with E-state index in [0.29, 0.717) is 28.2 Å². The highest BCUT2D eigenvalue weighted by Gasteiger charge is 2.27. The molecule has 0 aliphatic carbocycles. The molecule has 1 saturated heterocycles. The summed E-state index contributed by atoms with van der Waals surface area (Å²) in [5, 5.41) is 0.478. The van der Waals surface area contributed by atoms with Crippen LogP contribution in [0.4, 0.5) is 11.6 Å². The fourth-order valence-corrected chi connectivity index (χ4v) is 5.05. The van der Waals surface area contributed by atoms with E-state index in [1.54, 1.807) is 12.1 Å². The van der Waals surface area contributed by atoms with Crippen molar-refractivity contribution in [1.82, 2.24) is 9.97 Å². The van der Waals surface area contributed by atoms with E-state index in [1.165, 1.54) is 12.1 Å². The lowest BCUT2D eigenvalue weighted by atomic mass is 9.92. The first-order chi connectivity index (χ1) is 13.8. The first-order valence-corrected chi connectivity index (χ1v) is 11.5. The number of nitrogens with zero attached hydrogens (tertiary/aromatic N) is 3. The molecule has 152 valence electrons. The number of sulfonamides is 1. The highest BCUT2D eigenvalue weighted by atomic mass is 35.5. The molecule has 2 atom stereocenters. The van der Waals surface area contributed by atoms with Crippen molar-refractivity contribution in [3.8, 4) is 0 Å². The molecule has 0 saturated carbocycles. The topological polar surface area (TPSA) is 75.2 Å². The SMILES string of the molecule is C[C@H]1C[C@H](C)CN(c2nc3ccccc3nc2NS(=O)(=O)c2ccc(Cl)cc2)C1. The Labute approximate surface area is 176 Å². The first-order valence-electron chi connectivity index (χ1n) is 9.62. The van der Waals surface area contributed by atoms with Gasteiger partial charge < -0.3 is 4.90 Å². The van der Waals surface area contributed by atoms with Crippen LogP contribution in [0.2, 0.25) is 5.02 Å². The van der Waals surface area contributed by atoms with Gasteiger partial charge in [0.05, 0.1) is 15.9 Å². The molecule has 2 heterocycles. The van der Waals surface area contributed by atoms with Crippen LogP contribution >= 0.6 is 11.6 Å². The molecule has 0 unspecified atom stereocenters. The van der Waals surface area contributed by atoms with Crippen LogP contribution in [0.3, 0.4) is 0 Å². The lowest BCUT2D eigenvalue weighted by Crippen LogP contribution is -2.39. The second kappa shape index (κ2) is 7.80. The molecular formula is C21H23ClN4O2S. The van der Waals surface area contributed by atoms with Gasteiger partial charge in [0, 0.05) is 18.1 Å². The molecule has 1 aliphatic heterocycles. The maximum absolute atomic E-state index is 13.0. The van der Waals surface area contributed by atoms with Crippen molar-refractivity contribution in [1.29, 1.82) is 0 Å². The maximum atomic E-state index is 13.0. The molecule has 4 rings (SSSR count). The molecule has 29 heavy (non-hydrogen) atoms. The second-order valence-electron chi connectivity index (χ2n) is 7.79. The second-order valence-corrected chi connectivity index (χ2v) is 9.91. The summed E-state index contributed by atoms with van der Waals surface area (Å²) in [6, 6.07) is 13.5. The lowest BCUT2D eigenvalue weighted by molar-refractivity contribution is 0.355. The first kappa shape index (κ1) is 19.9. The normalized spacial score (nSPS) is 20.0. The molecule has 0 bridgehead atoms. The predicted molar refractivity (Wildman–Crippen MR) is 117 cm³/mol. The molecule has 1 fully saturated rings. The largest absolute Gasteiger partial charge is 0.353 e. The third kappa shape index (κ3) is 4.31. The zero-order valence-electron chi connectivity index (χ0n) is 16.3. The smallest absolute Gasteiger partial charge is 0.263 e. The van der Waals surface area contributed by atoms with Crippen LogP contribution in [0.5, 0.6) is 0 Å². The quantitative estimate of drug-likeness (QED) is 0.656. The lowest BCUT2D eigenvalue weighted by Gasteiger charge is -2.36. The Hall–Kier alpha value is -2.38. The Morgan fingerprint density at radius 1 is 0.966 bits per heavy atom. The fraction of sp³-hybridized carbons (Fsp3) is 0.333. The summed E-state index contributed by atoms with van der Waals surface area (Å²) in [6.45, 7) is 6.03. The van der Waals surface area contributed by atoms with Crippen molar-refractivity contribution in [2.75, 3.05) is 22.7 Å². The Kier molecular flexibility index (Phi) is 5.36. The predicted octanol–water partition coefficient (Wildman–Crippen LogP) is 4.57. The van der Waals surface area contributed by atoms with Gasteiger partial charge in [-0.05, 0) is 54.7 Å². The van der Waals surface area contributed by atoms with Crippen molar-refractivity contribution >= 4 is 44.3 Å². The van der Waals surface area contributed by atoms with E-state index in [2.05, 4.69) is 28.5 Å². The minimum Gasteiger partial charge on any atom is -0.353 e. The van der Waals surface area contributed by atoms with E-state index in [0.717, 1.165) is 25.0 Å². The van der Waals surface area contributed by atoms with Gasteiger partial charge >= 0.3 is 0 Å². The number of fused-ring (bicyclic) bond motifs is 1. The number of hydrogen-bond acceptors (Lipinski definition) is 5. The number of rotatable bonds is 4. The number of halogens is 1. The number of anilines is 2. The van der Waals surface area contributed by atoms with Gasteiger partial charge in [-0.3, -0.25) is 4.72 Å². The number of nitrogens with one attached hydrogen (secondary N) is 1. The summed E-state index contributed by atoms with van der Waals surface area (Å²) < 4.78 is 28.6. The van der Waals surface area contributed by atoms with Gasteiger partial charge in [-0.1, -0.05) is 37.6 Å². The van der Waals surface area contributed by atoms with Crippen molar-refractivity contribution in [2.24, 2.45) is 11.8 Å². The van der Waals surface area contributed by atoms with E-state index < -0.39 is 10.0 Å². The third-order valence-corrected chi connectivity index (χ3v) is 6.68. The molecule has 1 N–H and O–H groups in total. The van der Waals surface area contributed by atoms with Gasteiger partial charge in [0.1, 0.15) is 0 Å². The fourth-order valence-electron chi connectivity index (χ4n) is 3.92. The van der Waals surface area contributed by atoms with Crippen molar-refractivity contribution in [2.45, 2.75) is 25.2 Å². The number of aromatic nitrogens is 2. The van der Waals surface area contributed by atoms with Gasteiger partial charge in [0.25, 0.3) is 10.0 Å². The summed E-state index contributed by atoms with van der Waals surface area (Å²) >= 11 is 5.90. The van der Waals surface area contributed by atoms with Crippen LogP contribution < -0.4 is 9.62 Å². The van der Waals surface area contributed by atoms with E-state index in [4.69, 9.17) is 16.6 Å². The van der Waals surface area contributed by atoms with Crippen LogP contribution in [0.25, 0.3) is 11.0 Å². The van der Waals surface area contributed by atoms with Gasteiger partial charge in [0.2, 0.25) is 0 Å². The summed E-state index contributed by atoms with van der Waals surface area (Å²) in [6.07, 6.45) is 1.14. The van der Waals surface area contributed by atoms with E-state index in [1.807, 2.05) is 24.3 Å². The van der Waals surface area contributed by atoms with Crippen LogP contribution in [-0.2, 0) is 10.0 Å². The summed E-state index contributed by atoms with van der Waals surface area (Å²) in [5.41, 5.74) is 1.38. The summed E-state index contributed by atoms with van der Waals surface area (Å²) in [5.74, 6) is 1.81. The Bertz CT molecular complexity index is 1130. The maximum Gasteiger partial charge on any atom is 0.263 e. The average molecular weight is 431 g/mol. The number of hydrogen-bond donors (Lipinski definition) is 1. The minimum absolute atomic E-state index is 0.128. The minimum atomic E-state index is -3.82. The van der Waals surface area contributed by atoms with E-state index in [-0.39, 0.29) is 10.7 Å². The van der Waals surface area contributed by atoms with Crippen LogP contribution in [0.15, 0.2) is 53.4 Å². The molecule has 0 amide bonds. The van der Waals surface area contributed by atoms with E-state index >= 15 is 0 Å². The van der Waals surface area contributed by atoms with Crippen molar-refractivity contribution in [3.05, 3.63) is 53.6 Å². The highest BCUT2D eigenvalue weighted by molar-refractivity contribution is 7.92. The monoisotopic (exact) mass is 430 g/mol. The zero-order valence-corrected chi connectivity index (χ0v) is 17.9. The molecule has 1 aromatic heterocycles. The zero-order chi connectivity index (χ0) is 20.6. The van der Waals surface area contributed by atoms with Gasteiger partial charge in [0.15, 0.2) is 11.6 Å². The molecule has 0 spiro atoms. The summed E-state index contributed by atoms with van der Waals surface area (Å²) in [4.78, 5) is 11.6. The Balaban J connectivity index is 1.78. The van der Waals surface area contributed by atoms with Gasteiger partial charge in [-0.25, -0.2) is 18.4 Å². The molecular weight excluding hydrogens is 408 g/mol. The third-order valence-electron chi connectivity index (χ3n) is 5.08. The van der Waals surface area contributed by atoms with Gasteiger partial charge in [-0.15, -0.1) is 0 Å². The number of para-hydroxylation sites is 2. The van der Waals surface area contributed by atoms with Gasteiger partial charge in [-0.2, -0.15) is 0 Å². The molecule has 1 aliphatic rings. The van der Waals surface area contributed by atoms with Crippen molar-refractivity contribution < 1.29 is 8.42 Å². The molecule has 3 aromatic rings. The van der Waals surface area contributed by atoms with E-state index in [9.17, 15) is 8.42 Å². The molecule has 0 radical (unpaired) electrons. The molecule has 2 aromatic carbocycles. The van der Waals surface area contributed by atoms with Crippen LogP contribution in [0, 0.1) is 11.8 Å². The van der Waals surface area contributed by atoms with Crippen LogP contribution in [0.1, 0.15) is 20.3 Å². The molecule has 6 nitrogen and oxygen atoms in total.